The first-order valence-electron chi connectivity index (χ1n) is 7.78. The standard InChI is InChI=1S/C19H25NO/c1-3-15-9-11-16(12-10-15)13-17(14-20)18-7-5-6-8-19(18)21-4-2/h5-12,17H,3-4,13-14,20H2,1-2H3. The van der Waals surface area contributed by atoms with Crippen molar-refractivity contribution in [2.24, 2.45) is 5.73 Å². The molecule has 2 nitrogen and oxygen atoms in total. The molecule has 0 saturated heterocycles. The van der Waals surface area contributed by atoms with Gasteiger partial charge in [0.2, 0.25) is 0 Å². The van der Waals surface area contributed by atoms with Crippen molar-refractivity contribution in [3.05, 3.63) is 65.2 Å². The molecule has 0 heterocycles. The molecule has 2 rings (SSSR count). The Morgan fingerprint density at radius 2 is 1.62 bits per heavy atom. The van der Waals surface area contributed by atoms with Gasteiger partial charge in [0, 0.05) is 5.92 Å². The Hall–Kier alpha value is -1.80. The smallest absolute Gasteiger partial charge is 0.122 e. The zero-order valence-corrected chi connectivity index (χ0v) is 13.0. The van der Waals surface area contributed by atoms with Crippen LogP contribution in [0.3, 0.4) is 0 Å². The van der Waals surface area contributed by atoms with Gasteiger partial charge in [-0.3, -0.25) is 0 Å². The predicted molar refractivity (Wildman–Crippen MR) is 88.9 cm³/mol. The first kappa shape index (κ1) is 15.6. The first-order chi connectivity index (χ1) is 10.3. The van der Waals surface area contributed by atoms with Crippen LogP contribution in [0, 0.1) is 0 Å². The molecule has 0 aromatic heterocycles. The third-order valence-corrected chi connectivity index (χ3v) is 3.86. The van der Waals surface area contributed by atoms with Gasteiger partial charge in [-0.2, -0.15) is 0 Å². The van der Waals surface area contributed by atoms with Crippen LogP contribution in [0.15, 0.2) is 48.5 Å². The number of nitrogens with two attached hydrogens (primary N) is 1. The van der Waals surface area contributed by atoms with Gasteiger partial charge in [0.05, 0.1) is 6.61 Å². The second-order valence-electron chi connectivity index (χ2n) is 5.28. The highest BCUT2D eigenvalue weighted by molar-refractivity contribution is 5.38. The second kappa shape index (κ2) is 7.84. The van der Waals surface area contributed by atoms with Crippen molar-refractivity contribution < 1.29 is 4.74 Å². The van der Waals surface area contributed by atoms with Crippen molar-refractivity contribution in [1.29, 1.82) is 0 Å². The van der Waals surface area contributed by atoms with Gasteiger partial charge in [-0.25, -0.2) is 0 Å². The number of rotatable bonds is 7. The van der Waals surface area contributed by atoms with E-state index in [-0.39, 0.29) is 0 Å². The van der Waals surface area contributed by atoms with Crippen LogP contribution in [0.2, 0.25) is 0 Å². The third-order valence-electron chi connectivity index (χ3n) is 3.86. The van der Waals surface area contributed by atoms with E-state index in [9.17, 15) is 0 Å². The Morgan fingerprint density at radius 3 is 2.24 bits per heavy atom. The van der Waals surface area contributed by atoms with Gasteiger partial charge in [0.1, 0.15) is 5.75 Å². The number of aryl methyl sites for hydroxylation is 1. The van der Waals surface area contributed by atoms with E-state index < -0.39 is 0 Å². The van der Waals surface area contributed by atoms with Crippen LogP contribution in [0.4, 0.5) is 0 Å². The van der Waals surface area contributed by atoms with Crippen LogP contribution in [0.5, 0.6) is 5.75 Å². The minimum absolute atomic E-state index is 0.292. The number of benzene rings is 2. The van der Waals surface area contributed by atoms with Crippen molar-refractivity contribution in [2.75, 3.05) is 13.2 Å². The monoisotopic (exact) mass is 283 g/mol. The molecule has 0 amide bonds. The van der Waals surface area contributed by atoms with Gasteiger partial charge in [-0.05, 0) is 49.1 Å². The fraction of sp³-hybridized carbons (Fsp3) is 0.368. The topological polar surface area (TPSA) is 35.2 Å². The maximum atomic E-state index is 6.02. The van der Waals surface area contributed by atoms with Gasteiger partial charge < -0.3 is 10.5 Å². The van der Waals surface area contributed by atoms with Crippen molar-refractivity contribution in [3.63, 3.8) is 0 Å². The summed E-state index contributed by atoms with van der Waals surface area (Å²) < 4.78 is 5.74. The molecule has 2 heteroatoms. The van der Waals surface area contributed by atoms with Crippen LogP contribution in [0.1, 0.15) is 36.5 Å². The van der Waals surface area contributed by atoms with Crippen molar-refractivity contribution >= 4 is 0 Å². The zero-order valence-electron chi connectivity index (χ0n) is 13.0. The van der Waals surface area contributed by atoms with Crippen LogP contribution >= 0.6 is 0 Å². The Morgan fingerprint density at radius 1 is 0.952 bits per heavy atom. The highest BCUT2D eigenvalue weighted by Crippen LogP contribution is 2.29. The summed E-state index contributed by atoms with van der Waals surface area (Å²) in [6.07, 6.45) is 2.03. The van der Waals surface area contributed by atoms with E-state index in [0.29, 0.717) is 19.1 Å². The summed E-state index contributed by atoms with van der Waals surface area (Å²) in [6, 6.07) is 17.1. The number of ether oxygens (including phenoxy) is 1. The highest BCUT2D eigenvalue weighted by Gasteiger charge is 2.15. The quantitative estimate of drug-likeness (QED) is 0.835. The Labute approximate surface area is 127 Å². The molecule has 0 radical (unpaired) electrons. The molecule has 0 spiro atoms. The molecule has 0 bridgehead atoms. The van der Waals surface area contributed by atoms with E-state index in [1.807, 2.05) is 19.1 Å². The van der Waals surface area contributed by atoms with Crippen LogP contribution in [-0.4, -0.2) is 13.2 Å². The highest BCUT2D eigenvalue weighted by atomic mass is 16.5. The summed E-state index contributed by atoms with van der Waals surface area (Å²) in [5, 5.41) is 0. The van der Waals surface area contributed by atoms with Crippen molar-refractivity contribution in [1.82, 2.24) is 0 Å². The molecular formula is C19H25NO. The van der Waals surface area contributed by atoms with Crippen molar-refractivity contribution in [2.45, 2.75) is 32.6 Å². The van der Waals surface area contributed by atoms with E-state index in [1.54, 1.807) is 0 Å². The molecule has 0 aliphatic rings. The van der Waals surface area contributed by atoms with Gasteiger partial charge in [0.15, 0.2) is 0 Å². The molecular weight excluding hydrogens is 258 g/mol. The fourth-order valence-electron chi connectivity index (χ4n) is 2.62. The molecule has 1 atom stereocenters. The van der Waals surface area contributed by atoms with E-state index >= 15 is 0 Å². The number of hydrogen-bond donors (Lipinski definition) is 1. The number of para-hydroxylation sites is 1. The lowest BCUT2D eigenvalue weighted by atomic mass is 9.91. The molecule has 1 unspecified atom stereocenters. The molecule has 0 saturated carbocycles. The minimum atomic E-state index is 0.292. The largest absolute Gasteiger partial charge is 0.494 e. The normalized spacial score (nSPS) is 12.1. The summed E-state index contributed by atoms with van der Waals surface area (Å²) in [6.45, 7) is 5.49. The lowest BCUT2D eigenvalue weighted by molar-refractivity contribution is 0.334. The molecule has 0 aliphatic heterocycles. The Balaban J connectivity index is 2.19. The summed E-state index contributed by atoms with van der Waals surface area (Å²) in [4.78, 5) is 0. The Bertz CT molecular complexity index is 548. The summed E-state index contributed by atoms with van der Waals surface area (Å²) in [7, 11) is 0. The van der Waals surface area contributed by atoms with Crippen LogP contribution in [-0.2, 0) is 12.8 Å². The third kappa shape index (κ3) is 4.08. The average molecular weight is 283 g/mol. The molecule has 0 aliphatic carbocycles. The van der Waals surface area contributed by atoms with Gasteiger partial charge in [-0.15, -0.1) is 0 Å². The Kier molecular flexibility index (Phi) is 5.82. The fourth-order valence-corrected chi connectivity index (χ4v) is 2.62. The molecule has 21 heavy (non-hydrogen) atoms. The van der Waals surface area contributed by atoms with Crippen LogP contribution < -0.4 is 10.5 Å². The van der Waals surface area contributed by atoms with Gasteiger partial charge in [0.25, 0.3) is 0 Å². The molecule has 112 valence electrons. The molecule has 2 aromatic rings. The van der Waals surface area contributed by atoms with Crippen molar-refractivity contribution in [3.8, 4) is 5.75 Å². The maximum Gasteiger partial charge on any atom is 0.122 e. The van der Waals surface area contributed by atoms with E-state index in [1.165, 1.54) is 16.7 Å². The molecule has 2 aromatic carbocycles. The maximum absolute atomic E-state index is 6.02. The van der Waals surface area contributed by atoms with Crippen LogP contribution in [0.25, 0.3) is 0 Å². The SMILES string of the molecule is CCOc1ccccc1C(CN)Cc1ccc(CC)cc1. The van der Waals surface area contributed by atoms with Gasteiger partial charge in [-0.1, -0.05) is 49.4 Å². The van der Waals surface area contributed by atoms with E-state index in [4.69, 9.17) is 10.5 Å². The molecule has 2 N–H and O–H groups in total. The number of hydrogen-bond acceptors (Lipinski definition) is 2. The summed E-state index contributed by atoms with van der Waals surface area (Å²) >= 11 is 0. The predicted octanol–water partition coefficient (Wildman–Crippen LogP) is 3.93. The summed E-state index contributed by atoms with van der Waals surface area (Å²) in [5.74, 6) is 1.25. The zero-order chi connectivity index (χ0) is 15.1. The lowest BCUT2D eigenvalue weighted by Gasteiger charge is -2.19. The first-order valence-corrected chi connectivity index (χ1v) is 7.78. The summed E-state index contributed by atoms with van der Waals surface area (Å²) in [5.41, 5.74) is 9.93. The second-order valence-corrected chi connectivity index (χ2v) is 5.28. The van der Waals surface area contributed by atoms with Gasteiger partial charge >= 0.3 is 0 Å². The lowest BCUT2D eigenvalue weighted by Crippen LogP contribution is -2.16. The molecule has 0 fully saturated rings. The van der Waals surface area contributed by atoms with E-state index in [0.717, 1.165) is 18.6 Å². The average Bonchev–Trinajstić information content (AvgIpc) is 2.54. The van der Waals surface area contributed by atoms with E-state index in [2.05, 4.69) is 43.3 Å². The minimum Gasteiger partial charge on any atom is -0.494 e.